The maximum atomic E-state index is 12.3. The second kappa shape index (κ2) is 4.61. The van der Waals surface area contributed by atoms with Gasteiger partial charge in [0.05, 0.1) is 4.90 Å². The fraction of sp³-hybridized carbons (Fsp3) is 0. The van der Waals surface area contributed by atoms with Crippen molar-refractivity contribution in [2.75, 3.05) is 0 Å². The molecule has 5 heteroatoms. The number of sulfone groups is 1. The minimum absolute atomic E-state index is 0.0348. The highest BCUT2D eigenvalue weighted by atomic mass is 32.2. The average Bonchev–Trinajstić information content (AvgIpc) is 2.29. The molecule has 0 N–H and O–H groups in total. The van der Waals surface area contributed by atoms with Crippen molar-refractivity contribution in [1.29, 1.82) is 0 Å². The van der Waals surface area contributed by atoms with E-state index in [0.29, 0.717) is 4.43 Å². The second-order valence-electron chi connectivity index (χ2n) is 3.44. The molecule has 4 radical (unpaired) electrons. The smallest absolute Gasteiger partial charge is 0.222 e. The summed E-state index contributed by atoms with van der Waals surface area (Å²) >= 11 is 2.40. The van der Waals surface area contributed by atoms with Gasteiger partial charge < -0.3 is 0 Å². The van der Waals surface area contributed by atoms with Gasteiger partial charge in [-0.2, -0.15) is 0 Å². The molecule has 0 aliphatic carbocycles. The van der Waals surface area contributed by atoms with E-state index in [9.17, 15) is 8.42 Å². The van der Waals surface area contributed by atoms with Gasteiger partial charge in [0.25, 0.3) is 0 Å². The topological polar surface area (TPSA) is 47.0 Å². The van der Waals surface area contributed by atoms with Crippen molar-refractivity contribution in [3.63, 3.8) is 0 Å². The van der Waals surface area contributed by atoms with Crippen molar-refractivity contribution < 1.29 is 8.42 Å². The Hall–Kier alpha value is -1.15. The lowest BCUT2D eigenvalue weighted by Crippen LogP contribution is -2.16. The first kappa shape index (κ1) is 12.3. The van der Waals surface area contributed by atoms with Crippen molar-refractivity contribution in [3.8, 4) is 0 Å². The van der Waals surface area contributed by atoms with Crippen molar-refractivity contribution in [2.24, 2.45) is 0 Å². The number of aromatic nitrogens is 1. The molecule has 82 valence electrons. The molecule has 0 spiro atoms. The van der Waals surface area contributed by atoms with Crippen LogP contribution < -0.4 is 4.43 Å². The summed E-state index contributed by atoms with van der Waals surface area (Å²) in [6, 6.07) is 11.3. The molecule has 0 fully saturated rings. The fourth-order valence-corrected chi connectivity index (χ4v) is 3.44. The van der Waals surface area contributed by atoms with E-state index in [1.165, 1.54) is 6.07 Å². The van der Waals surface area contributed by atoms with Gasteiger partial charge >= 0.3 is 0 Å². The van der Waals surface area contributed by atoms with E-state index in [-0.39, 0.29) is 15.6 Å². The monoisotopic (exact) mass is 257 g/mol. The third-order valence-corrected chi connectivity index (χ3v) is 4.67. The number of nitrogens with zero attached hydrogens (tertiary/aromatic N) is 1. The highest BCUT2D eigenvalue weighted by Crippen LogP contribution is 2.16. The molecular weight excluding hydrogens is 249 g/mol. The normalized spacial score (nSPS) is 11.4. The van der Waals surface area contributed by atoms with Crippen LogP contribution in [0.2, 0.25) is 0 Å². The number of pyridine rings is 1. The van der Waals surface area contributed by atoms with Crippen LogP contribution >= 0.6 is 0 Å². The molecule has 0 unspecified atom stereocenters. The molecule has 17 heavy (non-hydrogen) atoms. The van der Waals surface area contributed by atoms with Crippen LogP contribution in [0.25, 0.3) is 0 Å². The van der Waals surface area contributed by atoms with E-state index >= 15 is 0 Å². The molecule has 0 bridgehead atoms. The summed E-state index contributed by atoms with van der Waals surface area (Å²) in [5.74, 6) is 0. The Morgan fingerprint density at radius 1 is 1.06 bits per heavy atom. The summed E-state index contributed by atoms with van der Waals surface area (Å²) in [4.78, 5) is 4.07. The van der Waals surface area contributed by atoms with Crippen LogP contribution in [0.3, 0.4) is 0 Å². The Morgan fingerprint density at radius 2 is 1.76 bits per heavy atom. The zero-order valence-corrected chi connectivity index (χ0v) is 10.8. The standard InChI is InChI=1S/C12H8NO2S.Al/c1-10-6-5-9-12(13-10)16(14,15)11-7-3-2-4-8-11;/h1-7,9H;. The minimum atomic E-state index is -3.60. The first-order chi connectivity index (χ1) is 8.01. The Bertz CT molecular complexity index is 653. The van der Waals surface area contributed by atoms with Crippen LogP contribution in [-0.4, -0.2) is 29.7 Å². The predicted molar refractivity (Wildman–Crippen MR) is 64.9 cm³/mol. The Kier molecular flexibility index (Phi) is 3.34. The van der Waals surface area contributed by atoms with E-state index in [1.807, 2.05) is 0 Å². The molecule has 0 aliphatic rings. The van der Waals surface area contributed by atoms with Gasteiger partial charge in [0.15, 0.2) is 21.3 Å². The molecule has 1 heterocycles. The quantitative estimate of drug-likeness (QED) is 0.746. The molecule has 2 aromatic rings. The molecular formula is C12H8AlNO2S. The highest BCUT2D eigenvalue weighted by molar-refractivity contribution is 7.91. The lowest BCUT2D eigenvalue weighted by Gasteiger charge is -2.07. The van der Waals surface area contributed by atoms with E-state index in [2.05, 4.69) is 21.3 Å². The zero-order valence-electron chi connectivity index (χ0n) is 8.87. The van der Waals surface area contributed by atoms with Crippen molar-refractivity contribution in [1.82, 2.24) is 4.98 Å². The molecule has 0 saturated heterocycles. The van der Waals surface area contributed by atoms with Crippen LogP contribution in [0.4, 0.5) is 0 Å². The third kappa shape index (κ3) is 2.42. The Balaban J connectivity index is 2.63. The van der Waals surface area contributed by atoms with Gasteiger partial charge in [0.1, 0.15) is 0 Å². The zero-order chi connectivity index (χ0) is 12.5. The van der Waals surface area contributed by atoms with E-state index in [1.54, 1.807) is 36.4 Å². The first-order valence-corrected chi connectivity index (χ1v) is 6.90. The third-order valence-electron chi connectivity index (χ3n) is 2.23. The van der Waals surface area contributed by atoms with Crippen molar-refractivity contribution >= 4 is 30.6 Å². The van der Waals surface area contributed by atoms with Crippen LogP contribution in [0.5, 0.6) is 0 Å². The maximum Gasteiger partial charge on any atom is 0.222 e. The summed E-state index contributed by atoms with van der Waals surface area (Å²) in [5, 5.41) is -0.0348. The molecule has 1 aromatic carbocycles. The molecule has 0 amide bonds. The molecule has 0 atom stereocenters. The molecule has 2 rings (SSSR count). The molecule has 0 saturated carbocycles. The lowest BCUT2D eigenvalue weighted by molar-refractivity contribution is 0.593. The summed E-state index contributed by atoms with van der Waals surface area (Å²) in [6.07, 6.45) is 0. The summed E-state index contributed by atoms with van der Waals surface area (Å²) in [6.45, 7) is 5.49. The van der Waals surface area contributed by atoms with E-state index in [0.717, 1.165) is 0 Å². The van der Waals surface area contributed by atoms with Gasteiger partial charge in [0.2, 0.25) is 9.84 Å². The first-order valence-electron chi connectivity index (χ1n) is 4.84. The van der Waals surface area contributed by atoms with Crippen LogP contribution in [-0.2, 0) is 9.84 Å². The fourth-order valence-electron chi connectivity index (χ4n) is 1.42. The van der Waals surface area contributed by atoms with E-state index in [4.69, 9.17) is 6.92 Å². The summed E-state index contributed by atoms with van der Waals surface area (Å²) < 4.78 is 25.2. The Labute approximate surface area is 109 Å². The van der Waals surface area contributed by atoms with Crippen LogP contribution in [0.15, 0.2) is 52.4 Å². The SMILES string of the molecule is [CH]c1cccc(S(=O)(=O)c2cccc[c]2[Al])n1. The van der Waals surface area contributed by atoms with E-state index < -0.39 is 9.84 Å². The van der Waals surface area contributed by atoms with Gasteiger partial charge in [-0.05, 0) is 18.2 Å². The van der Waals surface area contributed by atoms with Crippen LogP contribution in [0, 0.1) is 6.92 Å². The molecule has 1 aromatic heterocycles. The van der Waals surface area contributed by atoms with Gasteiger partial charge in [-0.25, -0.2) is 13.4 Å². The number of rotatable bonds is 2. The number of hydrogen-bond donors (Lipinski definition) is 0. The summed E-state index contributed by atoms with van der Waals surface area (Å²) in [5.41, 5.74) is 0.187. The average molecular weight is 257 g/mol. The molecule has 0 aliphatic heterocycles. The van der Waals surface area contributed by atoms with Gasteiger partial charge in [-0.15, -0.1) is 4.43 Å². The predicted octanol–water partition coefficient (Wildman–Crippen LogP) is 0.767. The highest BCUT2D eigenvalue weighted by Gasteiger charge is 2.19. The largest absolute Gasteiger partial charge is 0.241 e. The second-order valence-corrected chi connectivity index (χ2v) is 5.93. The van der Waals surface area contributed by atoms with Gasteiger partial charge in [-0.1, -0.05) is 24.3 Å². The van der Waals surface area contributed by atoms with Crippen LogP contribution in [0.1, 0.15) is 5.69 Å². The number of benzene rings is 1. The Morgan fingerprint density at radius 3 is 2.41 bits per heavy atom. The van der Waals surface area contributed by atoms with Crippen molar-refractivity contribution in [2.45, 2.75) is 9.92 Å². The number of hydrogen-bond acceptors (Lipinski definition) is 3. The van der Waals surface area contributed by atoms with Crippen molar-refractivity contribution in [3.05, 3.63) is 55.1 Å². The van der Waals surface area contributed by atoms with Gasteiger partial charge in [-0.3, -0.25) is 0 Å². The summed E-state index contributed by atoms with van der Waals surface area (Å²) in [7, 11) is -3.60. The minimum Gasteiger partial charge on any atom is -0.241 e. The maximum absolute atomic E-state index is 12.3. The lowest BCUT2D eigenvalue weighted by atomic mass is 10.4. The van der Waals surface area contributed by atoms with Gasteiger partial charge in [0, 0.05) is 12.6 Å². The molecule has 3 nitrogen and oxygen atoms in total.